The quantitative estimate of drug-likeness (QED) is 0.829. The molecule has 0 saturated heterocycles. The Morgan fingerprint density at radius 2 is 1.78 bits per heavy atom. The first-order chi connectivity index (χ1) is 8.58. The van der Waals surface area contributed by atoms with Crippen molar-refractivity contribution in [2.75, 3.05) is 0 Å². The molecule has 0 aliphatic rings. The fourth-order valence-corrected chi connectivity index (χ4v) is 1.47. The minimum absolute atomic E-state index is 0.254. The molecule has 6 nitrogen and oxygen atoms in total. The number of aryl methyl sites for hydroxylation is 2. The number of hydrogen-bond donors (Lipinski definition) is 1. The van der Waals surface area contributed by atoms with Crippen LogP contribution in [0, 0.1) is 13.8 Å². The number of carbonyl (C=O) groups is 1. The Morgan fingerprint density at radius 3 is 2.28 bits per heavy atom. The van der Waals surface area contributed by atoms with Gasteiger partial charge in [0.2, 0.25) is 0 Å². The van der Waals surface area contributed by atoms with Crippen LogP contribution in [0.4, 0.5) is 0 Å². The summed E-state index contributed by atoms with van der Waals surface area (Å²) in [6.45, 7) is 3.62. The first-order valence-electron chi connectivity index (χ1n) is 5.34. The second-order valence-electron chi connectivity index (χ2n) is 3.78. The molecule has 0 spiro atoms. The Balaban J connectivity index is 2.21. The van der Waals surface area contributed by atoms with Gasteiger partial charge in [0.05, 0.1) is 11.8 Å². The normalized spacial score (nSPS) is 11.0. The van der Waals surface area contributed by atoms with Gasteiger partial charge in [0.15, 0.2) is 11.6 Å². The first-order valence-corrected chi connectivity index (χ1v) is 5.34. The standard InChI is InChI=1S/C12H12N4O2/c1-8-14-15-9(2)16(8)13-7-10-3-5-11(6-4-10)12(17)18/h3-7H,1-2H3,(H,17,18)/b13-7+. The van der Waals surface area contributed by atoms with Crippen molar-refractivity contribution in [1.82, 2.24) is 14.9 Å². The van der Waals surface area contributed by atoms with Crippen LogP contribution in [0.25, 0.3) is 0 Å². The fraction of sp³-hybridized carbons (Fsp3) is 0.167. The third-order valence-electron chi connectivity index (χ3n) is 2.43. The van der Waals surface area contributed by atoms with Crippen molar-refractivity contribution in [3.63, 3.8) is 0 Å². The maximum atomic E-state index is 10.7. The van der Waals surface area contributed by atoms with E-state index in [-0.39, 0.29) is 5.56 Å². The van der Waals surface area contributed by atoms with Gasteiger partial charge in [-0.2, -0.15) is 5.10 Å². The van der Waals surface area contributed by atoms with Gasteiger partial charge in [0, 0.05) is 0 Å². The molecule has 0 aliphatic heterocycles. The van der Waals surface area contributed by atoms with Gasteiger partial charge >= 0.3 is 5.97 Å². The third kappa shape index (κ3) is 2.42. The lowest BCUT2D eigenvalue weighted by atomic mass is 10.1. The summed E-state index contributed by atoms with van der Waals surface area (Å²) in [6.07, 6.45) is 1.63. The topological polar surface area (TPSA) is 80.4 Å². The molecule has 1 aromatic carbocycles. The molecule has 92 valence electrons. The molecular formula is C12H12N4O2. The van der Waals surface area contributed by atoms with Crippen molar-refractivity contribution in [2.24, 2.45) is 5.10 Å². The first kappa shape index (κ1) is 12.0. The lowest BCUT2D eigenvalue weighted by Gasteiger charge is -1.98. The predicted octanol–water partition coefficient (Wildman–Crippen LogP) is 1.48. The van der Waals surface area contributed by atoms with E-state index in [4.69, 9.17) is 5.11 Å². The van der Waals surface area contributed by atoms with E-state index in [0.717, 1.165) is 5.56 Å². The predicted molar refractivity (Wildman–Crippen MR) is 65.9 cm³/mol. The summed E-state index contributed by atoms with van der Waals surface area (Å²) in [7, 11) is 0. The summed E-state index contributed by atoms with van der Waals surface area (Å²) in [5.41, 5.74) is 1.07. The van der Waals surface area contributed by atoms with Gasteiger partial charge in [0.25, 0.3) is 0 Å². The molecule has 0 saturated carbocycles. The number of rotatable bonds is 3. The molecule has 1 heterocycles. The third-order valence-corrected chi connectivity index (χ3v) is 2.43. The van der Waals surface area contributed by atoms with E-state index < -0.39 is 5.97 Å². The zero-order valence-electron chi connectivity index (χ0n) is 10.0. The van der Waals surface area contributed by atoms with Crippen LogP contribution in [0.1, 0.15) is 27.6 Å². The van der Waals surface area contributed by atoms with E-state index in [1.54, 1.807) is 23.0 Å². The van der Waals surface area contributed by atoms with E-state index in [1.165, 1.54) is 12.1 Å². The smallest absolute Gasteiger partial charge is 0.335 e. The summed E-state index contributed by atoms with van der Waals surface area (Å²) in [5, 5.41) is 20.8. The van der Waals surface area contributed by atoms with E-state index in [9.17, 15) is 4.79 Å². The van der Waals surface area contributed by atoms with Gasteiger partial charge in [-0.05, 0) is 31.5 Å². The van der Waals surface area contributed by atoms with Gasteiger partial charge in [-0.15, -0.1) is 10.2 Å². The van der Waals surface area contributed by atoms with Crippen LogP contribution in [0.2, 0.25) is 0 Å². The largest absolute Gasteiger partial charge is 0.478 e. The van der Waals surface area contributed by atoms with E-state index in [1.807, 2.05) is 13.8 Å². The Hall–Kier alpha value is -2.50. The Kier molecular flexibility index (Phi) is 3.18. The Morgan fingerprint density at radius 1 is 1.22 bits per heavy atom. The molecule has 0 unspecified atom stereocenters. The Labute approximate surface area is 104 Å². The molecule has 0 radical (unpaired) electrons. The van der Waals surface area contributed by atoms with E-state index in [2.05, 4.69) is 15.3 Å². The molecule has 0 fully saturated rings. The van der Waals surface area contributed by atoms with Crippen LogP contribution in [0.5, 0.6) is 0 Å². The van der Waals surface area contributed by atoms with Crippen LogP contribution in [-0.2, 0) is 0 Å². The molecule has 18 heavy (non-hydrogen) atoms. The van der Waals surface area contributed by atoms with Crippen molar-refractivity contribution >= 4 is 12.2 Å². The zero-order chi connectivity index (χ0) is 13.1. The number of nitrogens with zero attached hydrogens (tertiary/aromatic N) is 4. The van der Waals surface area contributed by atoms with Crippen LogP contribution in [0.3, 0.4) is 0 Å². The summed E-state index contributed by atoms with van der Waals surface area (Å²) in [5.74, 6) is 0.459. The van der Waals surface area contributed by atoms with Crippen molar-refractivity contribution in [3.05, 3.63) is 47.0 Å². The molecule has 6 heteroatoms. The van der Waals surface area contributed by atoms with Crippen LogP contribution in [0.15, 0.2) is 29.4 Å². The molecule has 0 bridgehead atoms. The zero-order valence-corrected chi connectivity index (χ0v) is 10.0. The van der Waals surface area contributed by atoms with Crippen LogP contribution >= 0.6 is 0 Å². The van der Waals surface area contributed by atoms with E-state index in [0.29, 0.717) is 11.6 Å². The lowest BCUT2D eigenvalue weighted by molar-refractivity contribution is 0.0697. The van der Waals surface area contributed by atoms with Gasteiger partial charge in [-0.1, -0.05) is 12.1 Å². The number of carboxylic acids is 1. The summed E-state index contributed by atoms with van der Waals surface area (Å²) < 4.78 is 1.62. The van der Waals surface area contributed by atoms with Crippen LogP contribution in [-0.4, -0.2) is 32.2 Å². The highest BCUT2D eigenvalue weighted by Crippen LogP contribution is 2.04. The minimum atomic E-state index is -0.941. The second kappa shape index (κ2) is 4.79. The van der Waals surface area contributed by atoms with Crippen LogP contribution < -0.4 is 0 Å². The summed E-state index contributed by atoms with van der Waals surface area (Å²) in [6, 6.07) is 6.47. The fourth-order valence-electron chi connectivity index (χ4n) is 1.47. The summed E-state index contributed by atoms with van der Waals surface area (Å²) >= 11 is 0. The Bertz CT molecular complexity index is 580. The molecule has 0 amide bonds. The minimum Gasteiger partial charge on any atom is -0.478 e. The average Bonchev–Trinajstić information content (AvgIpc) is 2.67. The molecule has 0 atom stereocenters. The average molecular weight is 244 g/mol. The number of carboxylic acid groups (broad SMARTS) is 1. The molecule has 1 aromatic heterocycles. The molecule has 2 rings (SSSR count). The number of hydrogen-bond acceptors (Lipinski definition) is 4. The SMILES string of the molecule is Cc1nnc(C)n1/N=C/c1ccc(C(=O)O)cc1. The second-order valence-corrected chi connectivity index (χ2v) is 3.78. The van der Waals surface area contributed by atoms with Crippen molar-refractivity contribution in [2.45, 2.75) is 13.8 Å². The molecular weight excluding hydrogens is 232 g/mol. The van der Waals surface area contributed by atoms with Crippen molar-refractivity contribution < 1.29 is 9.90 Å². The molecule has 1 N–H and O–H groups in total. The highest BCUT2D eigenvalue weighted by Gasteiger charge is 2.02. The monoisotopic (exact) mass is 244 g/mol. The molecule has 2 aromatic rings. The summed E-state index contributed by atoms with van der Waals surface area (Å²) in [4.78, 5) is 10.7. The van der Waals surface area contributed by atoms with Gasteiger partial charge in [-0.25, -0.2) is 9.47 Å². The number of aromatic nitrogens is 3. The molecule has 0 aliphatic carbocycles. The maximum Gasteiger partial charge on any atom is 0.335 e. The van der Waals surface area contributed by atoms with Gasteiger partial charge < -0.3 is 5.11 Å². The number of aromatic carboxylic acids is 1. The lowest BCUT2D eigenvalue weighted by Crippen LogP contribution is -1.98. The van der Waals surface area contributed by atoms with E-state index >= 15 is 0 Å². The van der Waals surface area contributed by atoms with Crippen molar-refractivity contribution in [3.8, 4) is 0 Å². The maximum absolute atomic E-state index is 10.7. The highest BCUT2D eigenvalue weighted by atomic mass is 16.4. The highest BCUT2D eigenvalue weighted by molar-refractivity contribution is 5.89. The van der Waals surface area contributed by atoms with Gasteiger partial charge in [0.1, 0.15) is 0 Å². The van der Waals surface area contributed by atoms with Crippen molar-refractivity contribution in [1.29, 1.82) is 0 Å². The van der Waals surface area contributed by atoms with Gasteiger partial charge in [-0.3, -0.25) is 0 Å². The number of benzene rings is 1.